The average Bonchev–Trinajstić information content (AvgIpc) is 2.28. The largest absolute Gasteiger partial charge is 0.309 e. The topological polar surface area (TPSA) is 32.3 Å². The molecule has 0 aromatic carbocycles. The number of hydrogen-bond donors (Lipinski definition) is 1. The van der Waals surface area contributed by atoms with Gasteiger partial charge in [-0.3, -0.25) is 7.91 Å². The number of carbonyl (C=O) groups excluding carboxylic acids is 1. The molecule has 0 radical (unpaired) electrons. The fourth-order valence-electron chi connectivity index (χ4n) is 1.17. The summed E-state index contributed by atoms with van der Waals surface area (Å²) in [5.41, 5.74) is 1.91. The first-order chi connectivity index (χ1) is 7.49. The van der Waals surface area contributed by atoms with Crippen molar-refractivity contribution >= 4 is 28.8 Å². The Hall–Kier alpha value is -0.620. The standard InChI is InChI=1S/C12H19IN2O/c1-6-8-9(3)11(7-2)15(13)12(16)10(4)14-5/h6-8,10,14H,1H2,2-5H3/b9-8-,11-7+. The van der Waals surface area contributed by atoms with Crippen LogP contribution < -0.4 is 5.32 Å². The number of carbonyl (C=O) groups is 1. The van der Waals surface area contributed by atoms with Crippen molar-refractivity contribution in [2.24, 2.45) is 0 Å². The molecule has 16 heavy (non-hydrogen) atoms. The van der Waals surface area contributed by atoms with Gasteiger partial charge in [0.2, 0.25) is 0 Å². The van der Waals surface area contributed by atoms with Gasteiger partial charge in [-0.25, -0.2) is 0 Å². The van der Waals surface area contributed by atoms with E-state index >= 15 is 0 Å². The summed E-state index contributed by atoms with van der Waals surface area (Å²) in [6.45, 7) is 9.37. The Balaban J connectivity index is 4.94. The van der Waals surface area contributed by atoms with E-state index in [1.54, 1.807) is 16.2 Å². The Morgan fingerprint density at radius 2 is 2.12 bits per heavy atom. The van der Waals surface area contributed by atoms with Crippen molar-refractivity contribution in [2.75, 3.05) is 7.05 Å². The first-order valence-corrected chi connectivity index (χ1v) is 6.09. The minimum atomic E-state index is -0.191. The van der Waals surface area contributed by atoms with Crippen LogP contribution in [-0.2, 0) is 4.79 Å². The van der Waals surface area contributed by atoms with Crippen molar-refractivity contribution in [3.63, 3.8) is 0 Å². The van der Waals surface area contributed by atoms with Gasteiger partial charge in [0.1, 0.15) is 0 Å². The zero-order valence-corrected chi connectivity index (χ0v) is 12.4. The van der Waals surface area contributed by atoms with Gasteiger partial charge >= 0.3 is 0 Å². The molecule has 1 atom stereocenters. The number of hydrogen-bond acceptors (Lipinski definition) is 2. The zero-order valence-electron chi connectivity index (χ0n) is 10.2. The van der Waals surface area contributed by atoms with E-state index < -0.39 is 0 Å². The van der Waals surface area contributed by atoms with E-state index in [0.29, 0.717) is 0 Å². The molecule has 0 spiro atoms. The van der Waals surface area contributed by atoms with Crippen LogP contribution in [0.3, 0.4) is 0 Å². The summed E-state index contributed by atoms with van der Waals surface area (Å²) in [5.74, 6) is 0.0352. The quantitative estimate of drug-likeness (QED) is 0.476. The molecule has 1 amide bonds. The van der Waals surface area contributed by atoms with Gasteiger partial charge in [0.25, 0.3) is 5.91 Å². The summed E-state index contributed by atoms with van der Waals surface area (Å²) in [6, 6.07) is -0.191. The number of likely N-dealkylation sites (N-methyl/N-ethyl adjacent to an activating group) is 1. The van der Waals surface area contributed by atoms with Crippen LogP contribution in [0, 0.1) is 0 Å². The van der Waals surface area contributed by atoms with Crippen LogP contribution in [0.25, 0.3) is 0 Å². The highest BCUT2D eigenvalue weighted by Crippen LogP contribution is 2.20. The van der Waals surface area contributed by atoms with Crippen molar-refractivity contribution in [1.82, 2.24) is 8.43 Å². The number of nitrogens with one attached hydrogen (secondary N) is 1. The Kier molecular flexibility index (Phi) is 7.33. The van der Waals surface area contributed by atoms with Crippen molar-refractivity contribution in [1.29, 1.82) is 0 Å². The molecule has 0 heterocycles. The zero-order chi connectivity index (χ0) is 12.7. The number of nitrogens with zero attached hydrogens (tertiary/aromatic N) is 1. The van der Waals surface area contributed by atoms with Crippen LogP contribution in [0.2, 0.25) is 0 Å². The van der Waals surface area contributed by atoms with Crippen LogP contribution in [0.4, 0.5) is 0 Å². The minimum absolute atomic E-state index is 0.0352. The highest BCUT2D eigenvalue weighted by molar-refractivity contribution is 14.1. The summed E-state index contributed by atoms with van der Waals surface area (Å²) in [7, 11) is 1.77. The van der Waals surface area contributed by atoms with Crippen molar-refractivity contribution < 1.29 is 4.79 Å². The fourth-order valence-corrected chi connectivity index (χ4v) is 2.25. The van der Waals surface area contributed by atoms with Crippen LogP contribution in [-0.4, -0.2) is 22.1 Å². The highest BCUT2D eigenvalue weighted by Gasteiger charge is 2.20. The molecule has 0 rings (SSSR count). The molecule has 1 unspecified atom stereocenters. The highest BCUT2D eigenvalue weighted by atomic mass is 127. The molecule has 0 saturated carbocycles. The van der Waals surface area contributed by atoms with Gasteiger partial charge in [-0.1, -0.05) is 24.8 Å². The lowest BCUT2D eigenvalue weighted by atomic mass is 10.2. The van der Waals surface area contributed by atoms with E-state index in [4.69, 9.17) is 0 Å². The molecule has 1 N–H and O–H groups in total. The normalized spacial score (nSPS) is 14.6. The maximum Gasteiger partial charge on any atom is 0.252 e. The molecule has 0 saturated heterocycles. The summed E-state index contributed by atoms with van der Waals surface area (Å²) in [6.07, 6.45) is 5.52. The Bertz CT molecular complexity index is 321. The number of allylic oxidation sites excluding steroid dienone is 4. The number of rotatable bonds is 5. The summed E-state index contributed by atoms with van der Waals surface area (Å²) < 4.78 is 1.63. The molecule has 0 aliphatic carbocycles. The van der Waals surface area contributed by atoms with Gasteiger partial charge in [-0.2, -0.15) is 0 Å². The lowest BCUT2D eigenvalue weighted by Crippen LogP contribution is -2.38. The minimum Gasteiger partial charge on any atom is -0.309 e. The Morgan fingerprint density at radius 1 is 1.56 bits per heavy atom. The van der Waals surface area contributed by atoms with Crippen LogP contribution in [0.5, 0.6) is 0 Å². The predicted octanol–water partition coefficient (Wildman–Crippen LogP) is 2.81. The van der Waals surface area contributed by atoms with E-state index in [-0.39, 0.29) is 11.9 Å². The predicted molar refractivity (Wildman–Crippen MR) is 77.1 cm³/mol. The molecule has 90 valence electrons. The molecule has 0 aliphatic heterocycles. The van der Waals surface area contributed by atoms with Crippen molar-refractivity contribution in [2.45, 2.75) is 26.8 Å². The van der Waals surface area contributed by atoms with Gasteiger partial charge in [0, 0.05) is 0 Å². The molecule has 0 aliphatic rings. The van der Waals surface area contributed by atoms with E-state index in [2.05, 4.69) is 11.9 Å². The first-order valence-electron chi connectivity index (χ1n) is 5.12. The SMILES string of the molecule is C=C/C=C(C)\C(=C/C)N(I)C(=O)C(C)NC. The van der Waals surface area contributed by atoms with E-state index in [1.807, 2.05) is 55.8 Å². The van der Waals surface area contributed by atoms with Gasteiger partial charge in [-0.15, -0.1) is 0 Å². The van der Waals surface area contributed by atoms with E-state index in [1.165, 1.54) is 0 Å². The van der Waals surface area contributed by atoms with Gasteiger partial charge < -0.3 is 5.32 Å². The monoisotopic (exact) mass is 334 g/mol. The fraction of sp³-hybridized carbons (Fsp3) is 0.417. The first kappa shape index (κ1) is 15.4. The van der Waals surface area contributed by atoms with Crippen LogP contribution >= 0.6 is 22.9 Å². The molecule has 3 nitrogen and oxygen atoms in total. The second kappa shape index (κ2) is 7.62. The molecule has 0 bridgehead atoms. The third-order valence-electron chi connectivity index (χ3n) is 2.25. The number of halogens is 1. The lowest BCUT2D eigenvalue weighted by molar-refractivity contribution is -0.125. The molecular formula is C12H19IN2O. The van der Waals surface area contributed by atoms with Gasteiger partial charge in [0.05, 0.1) is 34.6 Å². The Morgan fingerprint density at radius 3 is 2.50 bits per heavy atom. The third kappa shape index (κ3) is 4.09. The van der Waals surface area contributed by atoms with Crippen LogP contribution in [0.1, 0.15) is 20.8 Å². The van der Waals surface area contributed by atoms with E-state index in [9.17, 15) is 4.79 Å². The maximum atomic E-state index is 11.9. The molecule has 4 heteroatoms. The van der Waals surface area contributed by atoms with Crippen LogP contribution in [0.15, 0.2) is 36.1 Å². The second-order valence-corrected chi connectivity index (χ2v) is 4.35. The lowest BCUT2D eigenvalue weighted by Gasteiger charge is -2.22. The Labute approximate surface area is 112 Å². The molecular weight excluding hydrogens is 315 g/mol. The summed E-state index contributed by atoms with van der Waals surface area (Å²) in [4.78, 5) is 11.9. The maximum absolute atomic E-state index is 11.9. The summed E-state index contributed by atoms with van der Waals surface area (Å²) in [5, 5.41) is 2.93. The third-order valence-corrected chi connectivity index (χ3v) is 3.25. The van der Waals surface area contributed by atoms with Gasteiger partial charge in [0.15, 0.2) is 0 Å². The molecule has 0 fully saturated rings. The van der Waals surface area contributed by atoms with Crippen molar-refractivity contribution in [3.8, 4) is 0 Å². The smallest absolute Gasteiger partial charge is 0.252 e. The second-order valence-electron chi connectivity index (χ2n) is 3.39. The number of amides is 1. The van der Waals surface area contributed by atoms with E-state index in [0.717, 1.165) is 11.3 Å². The summed E-state index contributed by atoms with van der Waals surface area (Å²) >= 11 is 2.02. The van der Waals surface area contributed by atoms with Crippen molar-refractivity contribution in [3.05, 3.63) is 36.1 Å². The van der Waals surface area contributed by atoms with Gasteiger partial charge in [-0.05, 0) is 33.4 Å². The molecule has 0 aromatic heterocycles. The average molecular weight is 334 g/mol. The molecule has 0 aromatic rings.